The third kappa shape index (κ3) is 29.5. The minimum Gasteiger partial charge on any atom is -0.853 e. The summed E-state index contributed by atoms with van der Waals surface area (Å²) in [5.74, 6) is 0. The van der Waals surface area contributed by atoms with Gasteiger partial charge in [0.2, 0.25) is 0 Å². The van der Waals surface area contributed by atoms with Crippen molar-refractivity contribution >= 4 is 0 Å². The van der Waals surface area contributed by atoms with Crippen LogP contribution in [0.15, 0.2) is 0 Å². The van der Waals surface area contributed by atoms with Crippen molar-refractivity contribution in [2.24, 2.45) is 0 Å². The second kappa shape index (κ2) is 16.4. The zero-order valence-electron chi connectivity index (χ0n) is 10.2. The molecule has 0 aromatic heterocycles. The molecule has 0 aromatic carbocycles. The van der Waals surface area contributed by atoms with E-state index in [1.54, 1.807) is 0 Å². The van der Waals surface area contributed by atoms with E-state index < -0.39 is 12.2 Å². The summed E-state index contributed by atoms with van der Waals surface area (Å²) < 4.78 is 4.71. The van der Waals surface area contributed by atoms with Crippen LogP contribution in [0.3, 0.4) is 0 Å². The molecule has 0 saturated carbocycles. The van der Waals surface area contributed by atoms with E-state index in [1.165, 1.54) is 6.92 Å². The van der Waals surface area contributed by atoms with Gasteiger partial charge in [-0.25, -0.2) is 0 Å². The standard InChI is InChI=1S/C3H8O3.C3H7O2.C3H6O.K/c4-1-3(6)2-5;1-3(5)2-4;1-3-2-4-3;/h3-6H,1-2H2;3,5H,2H2,1H3;3H,2H2,1H3;/q;-1;;+1. The fourth-order valence-corrected chi connectivity index (χ4v) is 0.154. The van der Waals surface area contributed by atoms with E-state index in [0.29, 0.717) is 6.10 Å². The van der Waals surface area contributed by atoms with Gasteiger partial charge in [0.1, 0.15) is 6.10 Å². The van der Waals surface area contributed by atoms with Crippen LogP contribution in [0.2, 0.25) is 0 Å². The summed E-state index contributed by atoms with van der Waals surface area (Å²) in [6, 6.07) is 0. The Morgan fingerprint density at radius 3 is 1.56 bits per heavy atom. The average Bonchev–Trinajstić information content (AvgIpc) is 3.01. The van der Waals surface area contributed by atoms with Crippen molar-refractivity contribution < 1.29 is 81.7 Å². The molecule has 7 heteroatoms. The average molecular weight is 264 g/mol. The van der Waals surface area contributed by atoms with Crippen LogP contribution in [0, 0.1) is 0 Å². The summed E-state index contributed by atoms with van der Waals surface area (Å²) in [7, 11) is 0. The zero-order chi connectivity index (χ0) is 12.3. The SMILES string of the molecule is CC(O)C[O-].CC1CO1.OCC(O)CO.[K+]. The van der Waals surface area contributed by atoms with Crippen LogP contribution < -0.4 is 56.5 Å². The van der Waals surface area contributed by atoms with Gasteiger partial charge < -0.3 is 30.3 Å². The van der Waals surface area contributed by atoms with E-state index in [-0.39, 0.29) is 71.2 Å². The van der Waals surface area contributed by atoms with Gasteiger partial charge in [-0.2, -0.15) is 0 Å². The van der Waals surface area contributed by atoms with Crippen LogP contribution >= 0.6 is 0 Å². The van der Waals surface area contributed by atoms with Crippen LogP contribution in [0.5, 0.6) is 0 Å². The van der Waals surface area contributed by atoms with Crippen molar-refractivity contribution in [3.05, 3.63) is 0 Å². The van der Waals surface area contributed by atoms with Gasteiger partial charge in [-0.05, 0) is 13.8 Å². The first-order valence-electron chi connectivity index (χ1n) is 4.75. The molecule has 16 heavy (non-hydrogen) atoms. The van der Waals surface area contributed by atoms with E-state index in [2.05, 4.69) is 6.92 Å². The molecular formula is C9H21KO6. The van der Waals surface area contributed by atoms with E-state index in [1.807, 2.05) is 0 Å². The number of ether oxygens (including phenoxy) is 1. The van der Waals surface area contributed by atoms with Crippen LogP contribution in [0.25, 0.3) is 0 Å². The van der Waals surface area contributed by atoms with Gasteiger partial charge in [-0.15, -0.1) is 6.61 Å². The van der Waals surface area contributed by atoms with Crippen molar-refractivity contribution in [3.8, 4) is 0 Å². The summed E-state index contributed by atoms with van der Waals surface area (Å²) in [5, 5.41) is 41.4. The van der Waals surface area contributed by atoms with Gasteiger partial charge in [0, 0.05) is 6.10 Å². The monoisotopic (exact) mass is 264 g/mol. The van der Waals surface area contributed by atoms with Gasteiger partial charge in [-0.3, -0.25) is 0 Å². The summed E-state index contributed by atoms with van der Waals surface area (Å²) in [6.07, 6.45) is -1.04. The van der Waals surface area contributed by atoms with E-state index >= 15 is 0 Å². The molecule has 1 rings (SSSR count). The molecule has 94 valence electrons. The number of hydrogen-bond acceptors (Lipinski definition) is 6. The Morgan fingerprint density at radius 2 is 1.56 bits per heavy atom. The van der Waals surface area contributed by atoms with Gasteiger partial charge in [-0.1, -0.05) is 0 Å². The molecule has 0 amide bonds. The number of epoxide rings is 1. The van der Waals surface area contributed by atoms with Gasteiger partial charge in [0.05, 0.1) is 25.9 Å². The van der Waals surface area contributed by atoms with Gasteiger partial charge >= 0.3 is 51.4 Å². The van der Waals surface area contributed by atoms with Crippen molar-refractivity contribution in [2.45, 2.75) is 32.2 Å². The Hall–Kier alpha value is 1.40. The molecule has 0 aromatic rings. The maximum absolute atomic E-state index is 9.38. The van der Waals surface area contributed by atoms with Crippen molar-refractivity contribution in [1.29, 1.82) is 0 Å². The van der Waals surface area contributed by atoms with E-state index in [4.69, 9.17) is 25.2 Å². The third-order valence-corrected chi connectivity index (χ3v) is 1.16. The predicted octanol–water partition coefficient (Wildman–Crippen LogP) is -5.53. The number of hydrogen-bond donors (Lipinski definition) is 4. The molecule has 1 aliphatic heterocycles. The topological polar surface area (TPSA) is 117 Å². The summed E-state index contributed by atoms with van der Waals surface area (Å²) in [5.41, 5.74) is 0. The number of aliphatic hydroxyl groups excluding tert-OH is 4. The van der Waals surface area contributed by atoms with E-state index in [0.717, 1.165) is 6.61 Å². The maximum atomic E-state index is 9.38. The molecule has 1 aliphatic rings. The molecule has 0 spiro atoms. The number of aliphatic hydroxyl groups is 4. The fourth-order valence-electron chi connectivity index (χ4n) is 0.154. The third-order valence-electron chi connectivity index (χ3n) is 1.16. The maximum Gasteiger partial charge on any atom is 1.00 e. The Balaban J connectivity index is -0.000000156. The minimum absolute atomic E-state index is 0. The van der Waals surface area contributed by atoms with Gasteiger partial charge in [0.15, 0.2) is 0 Å². The molecule has 0 radical (unpaired) electrons. The molecule has 0 bridgehead atoms. The zero-order valence-corrected chi connectivity index (χ0v) is 13.3. The molecule has 1 saturated heterocycles. The van der Waals surface area contributed by atoms with Crippen molar-refractivity contribution in [3.63, 3.8) is 0 Å². The van der Waals surface area contributed by atoms with Crippen LogP contribution in [0.1, 0.15) is 13.8 Å². The smallest absolute Gasteiger partial charge is 0.853 e. The van der Waals surface area contributed by atoms with Crippen molar-refractivity contribution in [2.75, 3.05) is 26.4 Å². The Kier molecular flexibility index (Phi) is 23.1. The molecular weight excluding hydrogens is 243 g/mol. The summed E-state index contributed by atoms with van der Waals surface area (Å²) in [6.45, 7) is 3.39. The molecule has 4 N–H and O–H groups in total. The number of rotatable bonds is 3. The Labute approximate surface area is 139 Å². The quantitative estimate of drug-likeness (QED) is 0.298. The molecule has 2 unspecified atom stereocenters. The molecule has 2 atom stereocenters. The minimum atomic E-state index is -0.954. The van der Waals surface area contributed by atoms with Crippen LogP contribution in [0.4, 0.5) is 0 Å². The van der Waals surface area contributed by atoms with Crippen molar-refractivity contribution in [1.82, 2.24) is 0 Å². The molecule has 0 aliphatic carbocycles. The van der Waals surface area contributed by atoms with Crippen LogP contribution in [-0.4, -0.2) is 65.2 Å². The largest absolute Gasteiger partial charge is 1.00 e. The predicted molar refractivity (Wildman–Crippen MR) is 52.1 cm³/mol. The first-order chi connectivity index (χ1) is 6.97. The van der Waals surface area contributed by atoms with Gasteiger partial charge in [0.25, 0.3) is 0 Å². The molecule has 6 nitrogen and oxygen atoms in total. The van der Waals surface area contributed by atoms with E-state index in [9.17, 15) is 5.11 Å². The normalized spacial score (nSPS) is 18.4. The Bertz CT molecular complexity index is 117. The molecule has 1 heterocycles. The second-order valence-electron chi connectivity index (χ2n) is 3.18. The first-order valence-corrected chi connectivity index (χ1v) is 4.75. The fraction of sp³-hybridized carbons (Fsp3) is 1.00. The first kappa shape index (κ1) is 22.6. The molecule has 1 fully saturated rings. The van der Waals surface area contributed by atoms with Crippen LogP contribution in [-0.2, 0) is 4.74 Å². The second-order valence-corrected chi connectivity index (χ2v) is 3.18. The summed E-state index contributed by atoms with van der Waals surface area (Å²) in [4.78, 5) is 0. The summed E-state index contributed by atoms with van der Waals surface area (Å²) >= 11 is 0. The Morgan fingerprint density at radius 1 is 1.31 bits per heavy atom.